The maximum absolute atomic E-state index is 11.4. The molecule has 0 saturated heterocycles. The molecule has 6 heteroatoms. The van der Waals surface area contributed by atoms with Crippen LogP contribution in [0.15, 0.2) is 3.92 Å². The second kappa shape index (κ2) is 5.58. The van der Waals surface area contributed by atoms with Gasteiger partial charge in [0, 0.05) is 17.9 Å². The number of nitrogens with zero attached hydrogens (tertiary/aromatic N) is 1. The van der Waals surface area contributed by atoms with Crippen molar-refractivity contribution in [1.29, 1.82) is 0 Å². The Balaban J connectivity index is 3.00. The van der Waals surface area contributed by atoms with Gasteiger partial charge >= 0.3 is 5.97 Å². The molecule has 0 fully saturated rings. The summed E-state index contributed by atoms with van der Waals surface area (Å²) in [5, 5.41) is 0. The summed E-state index contributed by atoms with van der Waals surface area (Å²) in [6.45, 7) is 2.54. The van der Waals surface area contributed by atoms with Gasteiger partial charge in [-0.05, 0) is 15.9 Å². The summed E-state index contributed by atoms with van der Waals surface area (Å²) in [4.78, 5) is 16.4. The maximum Gasteiger partial charge on any atom is 0.357 e. The highest BCUT2D eigenvalue weighted by Crippen LogP contribution is 2.30. The number of rotatable bonds is 4. The first-order valence-electron chi connectivity index (χ1n) is 4.33. The molecule has 1 aromatic heterocycles. The minimum absolute atomic E-state index is 0.132. The number of esters is 1. The Labute approximate surface area is 101 Å². The molecular weight excluding hydrogens is 282 g/mol. The standard InChI is InChI=1S/C9H12BrNO3S/c1-5(4-13-2)7-6(8(12)14-3)11-9(10)15-7/h5H,4H2,1-3H3. The van der Waals surface area contributed by atoms with E-state index < -0.39 is 5.97 Å². The van der Waals surface area contributed by atoms with Crippen molar-refractivity contribution >= 4 is 33.2 Å². The van der Waals surface area contributed by atoms with Crippen molar-refractivity contribution in [3.63, 3.8) is 0 Å². The van der Waals surface area contributed by atoms with Crippen molar-refractivity contribution in [2.75, 3.05) is 20.8 Å². The Morgan fingerprint density at radius 2 is 2.27 bits per heavy atom. The normalized spacial score (nSPS) is 12.5. The SMILES string of the molecule is COCC(C)c1sc(Br)nc1C(=O)OC. The second-order valence-electron chi connectivity index (χ2n) is 3.03. The number of hydrogen-bond acceptors (Lipinski definition) is 5. The highest BCUT2D eigenvalue weighted by Gasteiger charge is 2.22. The highest BCUT2D eigenvalue weighted by molar-refractivity contribution is 9.11. The van der Waals surface area contributed by atoms with Gasteiger partial charge in [-0.2, -0.15) is 0 Å². The van der Waals surface area contributed by atoms with E-state index in [0.29, 0.717) is 16.2 Å². The lowest BCUT2D eigenvalue weighted by molar-refractivity contribution is 0.0592. The lowest BCUT2D eigenvalue weighted by Crippen LogP contribution is -2.09. The van der Waals surface area contributed by atoms with Crippen molar-refractivity contribution in [1.82, 2.24) is 4.98 Å². The Morgan fingerprint density at radius 1 is 1.60 bits per heavy atom. The molecule has 0 aliphatic heterocycles. The Bertz CT molecular complexity index is 353. The van der Waals surface area contributed by atoms with E-state index >= 15 is 0 Å². The van der Waals surface area contributed by atoms with Crippen molar-refractivity contribution < 1.29 is 14.3 Å². The molecule has 0 spiro atoms. The van der Waals surface area contributed by atoms with E-state index in [9.17, 15) is 4.79 Å². The maximum atomic E-state index is 11.4. The molecule has 15 heavy (non-hydrogen) atoms. The number of ether oxygens (including phenoxy) is 2. The predicted molar refractivity (Wildman–Crippen MR) is 61.4 cm³/mol. The van der Waals surface area contributed by atoms with Gasteiger partial charge in [0.25, 0.3) is 0 Å². The van der Waals surface area contributed by atoms with Crippen molar-refractivity contribution in [3.05, 3.63) is 14.5 Å². The minimum atomic E-state index is -0.407. The van der Waals surface area contributed by atoms with Crippen LogP contribution in [0.4, 0.5) is 0 Å². The molecule has 0 aromatic carbocycles. The van der Waals surface area contributed by atoms with Gasteiger partial charge in [-0.25, -0.2) is 9.78 Å². The van der Waals surface area contributed by atoms with Crippen LogP contribution < -0.4 is 0 Å². The second-order valence-corrected chi connectivity index (χ2v) is 5.33. The topological polar surface area (TPSA) is 48.4 Å². The fourth-order valence-electron chi connectivity index (χ4n) is 1.21. The third kappa shape index (κ3) is 2.99. The van der Waals surface area contributed by atoms with Crippen LogP contribution in [0, 0.1) is 0 Å². The number of thiazole rings is 1. The van der Waals surface area contributed by atoms with Gasteiger partial charge in [0.15, 0.2) is 9.61 Å². The molecule has 0 amide bonds. The van der Waals surface area contributed by atoms with Crippen LogP contribution in [0.5, 0.6) is 0 Å². The van der Waals surface area contributed by atoms with E-state index in [1.807, 2.05) is 6.92 Å². The molecule has 0 saturated carbocycles. The largest absolute Gasteiger partial charge is 0.464 e. The lowest BCUT2D eigenvalue weighted by Gasteiger charge is -2.08. The van der Waals surface area contributed by atoms with Crippen LogP contribution >= 0.6 is 27.3 Å². The Morgan fingerprint density at radius 3 is 2.80 bits per heavy atom. The molecule has 1 atom stereocenters. The summed E-state index contributed by atoms with van der Waals surface area (Å²) in [5.74, 6) is -0.275. The fourth-order valence-corrected chi connectivity index (χ4v) is 2.72. The summed E-state index contributed by atoms with van der Waals surface area (Å²) in [6.07, 6.45) is 0. The number of halogens is 1. The molecule has 0 aliphatic carbocycles. The molecule has 0 N–H and O–H groups in total. The number of aromatic nitrogens is 1. The van der Waals surface area contributed by atoms with Crippen LogP contribution in [0.25, 0.3) is 0 Å². The smallest absolute Gasteiger partial charge is 0.357 e. The van der Waals surface area contributed by atoms with Crippen LogP contribution in [0.2, 0.25) is 0 Å². The van der Waals surface area contributed by atoms with E-state index in [0.717, 1.165) is 4.88 Å². The third-order valence-corrected chi connectivity index (χ3v) is 3.61. The van der Waals surface area contributed by atoms with Gasteiger partial charge in [-0.3, -0.25) is 0 Å². The average Bonchev–Trinajstić information content (AvgIpc) is 2.59. The molecule has 84 valence electrons. The summed E-state index contributed by atoms with van der Waals surface area (Å²) in [5.41, 5.74) is 0.374. The van der Waals surface area contributed by atoms with Crippen molar-refractivity contribution in [3.8, 4) is 0 Å². The van der Waals surface area contributed by atoms with Crippen molar-refractivity contribution in [2.45, 2.75) is 12.8 Å². The zero-order valence-corrected chi connectivity index (χ0v) is 11.1. The first kappa shape index (κ1) is 12.6. The molecule has 0 aliphatic rings. The summed E-state index contributed by atoms with van der Waals surface area (Å²) >= 11 is 4.69. The number of hydrogen-bond donors (Lipinski definition) is 0. The molecule has 1 rings (SSSR count). The first-order chi connectivity index (χ1) is 7.10. The fraction of sp³-hybridized carbons (Fsp3) is 0.556. The summed E-state index contributed by atoms with van der Waals surface area (Å²) in [7, 11) is 2.98. The molecular formula is C9H12BrNO3S. The summed E-state index contributed by atoms with van der Waals surface area (Å²) < 4.78 is 10.4. The molecule has 0 bridgehead atoms. The third-order valence-electron chi connectivity index (χ3n) is 1.87. The molecule has 1 aromatic rings. The summed E-state index contributed by atoms with van der Waals surface area (Å²) in [6, 6.07) is 0. The van der Waals surface area contributed by atoms with Crippen LogP contribution in [0.1, 0.15) is 28.2 Å². The zero-order valence-electron chi connectivity index (χ0n) is 8.74. The Hall–Kier alpha value is -0.460. The number of methoxy groups -OCH3 is 2. The number of carbonyl (C=O) groups excluding carboxylic acids is 1. The van der Waals surface area contributed by atoms with Crippen LogP contribution in [0.3, 0.4) is 0 Å². The Kier molecular flexibility index (Phi) is 4.69. The predicted octanol–water partition coefficient (Wildman–Crippen LogP) is 2.44. The van der Waals surface area contributed by atoms with E-state index in [1.54, 1.807) is 7.11 Å². The van der Waals surface area contributed by atoms with Gasteiger partial charge in [0.1, 0.15) is 0 Å². The quantitative estimate of drug-likeness (QED) is 0.800. The van der Waals surface area contributed by atoms with Crippen LogP contribution in [-0.4, -0.2) is 31.8 Å². The van der Waals surface area contributed by atoms with Gasteiger partial charge in [0.05, 0.1) is 13.7 Å². The number of carbonyl (C=O) groups is 1. The average molecular weight is 294 g/mol. The van der Waals surface area contributed by atoms with Gasteiger partial charge in [-0.1, -0.05) is 6.92 Å². The monoisotopic (exact) mass is 293 g/mol. The minimum Gasteiger partial charge on any atom is -0.464 e. The van der Waals surface area contributed by atoms with Crippen molar-refractivity contribution in [2.24, 2.45) is 0 Å². The van der Waals surface area contributed by atoms with Gasteiger partial charge < -0.3 is 9.47 Å². The van der Waals surface area contributed by atoms with E-state index in [2.05, 4.69) is 25.7 Å². The molecule has 4 nitrogen and oxygen atoms in total. The van der Waals surface area contributed by atoms with E-state index in [-0.39, 0.29) is 5.92 Å². The van der Waals surface area contributed by atoms with E-state index in [4.69, 9.17) is 4.74 Å². The highest BCUT2D eigenvalue weighted by atomic mass is 79.9. The van der Waals surface area contributed by atoms with Crippen LogP contribution in [-0.2, 0) is 9.47 Å². The first-order valence-corrected chi connectivity index (χ1v) is 5.94. The molecule has 0 radical (unpaired) electrons. The molecule has 1 heterocycles. The van der Waals surface area contributed by atoms with Gasteiger partial charge in [-0.15, -0.1) is 11.3 Å². The lowest BCUT2D eigenvalue weighted by atomic mass is 10.1. The van der Waals surface area contributed by atoms with Gasteiger partial charge in [0.2, 0.25) is 0 Å². The zero-order chi connectivity index (χ0) is 11.4. The van der Waals surface area contributed by atoms with E-state index in [1.165, 1.54) is 18.4 Å². The molecule has 1 unspecified atom stereocenters.